The van der Waals surface area contributed by atoms with E-state index in [0.717, 1.165) is 32.5 Å². The molecule has 23 heavy (non-hydrogen) atoms. The highest BCUT2D eigenvalue weighted by Crippen LogP contribution is 2.33. The van der Waals surface area contributed by atoms with Crippen LogP contribution >= 0.6 is 0 Å². The first-order valence-corrected chi connectivity index (χ1v) is 8.29. The maximum atomic E-state index is 12.1. The van der Waals surface area contributed by atoms with Crippen LogP contribution < -0.4 is 5.32 Å². The van der Waals surface area contributed by atoms with Gasteiger partial charge in [-0.1, -0.05) is 0 Å². The Morgan fingerprint density at radius 1 is 1.48 bits per heavy atom. The van der Waals surface area contributed by atoms with E-state index in [9.17, 15) is 4.79 Å². The van der Waals surface area contributed by atoms with Crippen molar-refractivity contribution in [2.24, 2.45) is 5.92 Å². The summed E-state index contributed by atoms with van der Waals surface area (Å²) in [6.45, 7) is 3.95. The van der Waals surface area contributed by atoms with Gasteiger partial charge in [0.1, 0.15) is 6.10 Å². The van der Waals surface area contributed by atoms with Crippen LogP contribution in [0.5, 0.6) is 0 Å². The zero-order valence-corrected chi connectivity index (χ0v) is 13.6. The number of hydrogen-bond acceptors (Lipinski definition) is 5. The Labute approximate surface area is 137 Å². The van der Waals surface area contributed by atoms with Gasteiger partial charge in [-0.25, -0.2) is 0 Å². The fraction of sp³-hybridized carbons (Fsp3) is 0.647. The van der Waals surface area contributed by atoms with Gasteiger partial charge in [0.2, 0.25) is 5.91 Å². The quantitative estimate of drug-likeness (QED) is 0.787. The van der Waals surface area contributed by atoms with E-state index < -0.39 is 0 Å². The molecule has 2 saturated heterocycles. The Hall–Kier alpha value is -1.50. The van der Waals surface area contributed by atoms with E-state index >= 15 is 0 Å². The smallest absolute Gasteiger partial charge is 0.249 e. The number of pyridine rings is 1. The topological polar surface area (TPSA) is 63.7 Å². The molecule has 1 aromatic rings. The molecule has 6 nitrogen and oxygen atoms in total. The highest BCUT2D eigenvalue weighted by molar-refractivity contribution is 5.81. The molecule has 3 heterocycles. The first-order valence-electron chi connectivity index (χ1n) is 8.29. The second kappa shape index (κ2) is 7.86. The fourth-order valence-electron chi connectivity index (χ4n) is 3.44. The number of ether oxygens (including phenoxy) is 2. The molecule has 0 aliphatic carbocycles. The number of likely N-dealkylation sites (tertiary alicyclic amines) is 1. The summed E-state index contributed by atoms with van der Waals surface area (Å²) in [4.78, 5) is 18.6. The third kappa shape index (κ3) is 4.28. The SMILES string of the molecule is COCCNC(=O)[C@H]1C[C@@H]2CCN(Cc3ccncc3)C[C@H]2O1. The number of fused-ring (bicyclic) bond motifs is 1. The molecule has 2 aliphatic heterocycles. The summed E-state index contributed by atoms with van der Waals surface area (Å²) >= 11 is 0. The lowest BCUT2D eigenvalue weighted by atomic mass is 9.91. The van der Waals surface area contributed by atoms with E-state index in [0.29, 0.717) is 19.1 Å². The van der Waals surface area contributed by atoms with E-state index in [-0.39, 0.29) is 18.1 Å². The van der Waals surface area contributed by atoms with Gasteiger partial charge in [-0.15, -0.1) is 0 Å². The molecule has 0 radical (unpaired) electrons. The molecule has 0 saturated carbocycles. The molecule has 2 fully saturated rings. The van der Waals surface area contributed by atoms with Gasteiger partial charge in [-0.2, -0.15) is 0 Å². The summed E-state index contributed by atoms with van der Waals surface area (Å²) in [6, 6.07) is 4.10. The van der Waals surface area contributed by atoms with Crippen molar-refractivity contribution in [3.63, 3.8) is 0 Å². The molecular weight excluding hydrogens is 294 g/mol. The number of nitrogens with one attached hydrogen (secondary N) is 1. The van der Waals surface area contributed by atoms with Gasteiger partial charge >= 0.3 is 0 Å². The van der Waals surface area contributed by atoms with Crippen molar-refractivity contribution in [1.29, 1.82) is 0 Å². The first kappa shape index (κ1) is 16.4. The molecule has 1 N–H and O–H groups in total. The van der Waals surface area contributed by atoms with Crippen molar-refractivity contribution >= 4 is 5.91 Å². The molecule has 3 atom stereocenters. The number of nitrogens with zero attached hydrogens (tertiary/aromatic N) is 2. The summed E-state index contributed by atoms with van der Waals surface area (Å²) in [5, 5.41) is 2.88. The van der Waals surface area contributed by atoms with Crippen molar-refractivity contribution in [1.82, 2.24) is 15.2 Å². The van der Waals surface area contributed by atoms with Crippen LogP contribution in [0.3, 0.4) is 0 Å². The maximum absolute atomic E-state index is 12.1. The van der Waals surface area contributed by atoms with Gasteiger partial charge in [-0.05, 0) is 43.0 Å². The fourth-order valence-corrected chi connectivity index (χ4v) is 3.44. The molecule has 126 valence electrons. The summed E-state index contributed by atoms with van der Waals surface area (Å²) in [5.41, 5.74) is 1.27. The number of hydrogen-bond donors (Lipinski definition) is 1. The number of piperidine rings is 1. The molecule has 0 spiro atoms. The lowest BCUT2D eigenvalue weighted by molar-refractivity contribution is -0.133. The van der Waals surface area contributed by atoms with E-state index in [1.165, 1.54) is 5.56 Å². The number of amides is 1. The Morgan fingerprint density at radius 3 is 3.09 bits per heavy atom. The van der Waals surface area contributed by atoms with Crippen LogP contribution in [0, 0.1) is 5.92 Å². The predicted molar refractivity (Wildman–Crippen MR) is 85.8 cm³/mol. The van der Waals surface area contributed by atoms with E-state index in [1.54, 1.807) is 7.11 Å². The third-order valence-electron chi connectivity index (χ3n) is 4.69. The first-order chi connectivity index (χ1) is 11.3. The number of carbonyl (C=O) groups excluding carboxylic acids is 1. The van der Waals surface area contributed by atoms with E-state index in [2.05, 4.69) is 15.2 Å². The lowest BCUT2D eigenvalue weighted by Crippen LogP contribution is -2.42. The number of rotatable bonds is 6. The van der Waals surface area contributed by atoms with Crippen molar-refractivity contribution in [2.75, 3.05) is 33.4 Å². The monoisotopic (exact) mass is 319 g/mol. The van der Waals surface area contributed by atoms with Crippen LogP contribution in [0.15, 0.2) is 24.5 Å². The van der Waals surface area contributed by atoms with Gasteiger partial charge in [0.15, 0.2) is 0 Å². The van der Waals surface area contributed by atoms with Crippen LogP contribution in [0.4, 0.5) is 0 Å². The summed E-state index contributed by atoms with van der Waals surface area (Å²) in [5.74, 6) is 0.499. The Kier molecular flexibility index (Phi) is 5.59. The molecule has 0 aromatic carbocycles. The van der Waals surface area contributed by atoms with Gasteiger partial charge in [0.05, 0.1) is 12.7 Å². The average molecular weight is 319 g/mol. The Bertz CT molecular complexity index is 511. The van der Waals surface area contributed by atoms with Gasteiger partial charge < -0.3 is 14.8 Å². The van der Waals surface area contributed by atoms with Crippen LogP contribution in [-0.4, -0.2) is 61.3 Å². The standard InChI is InChI=1S/C17H25N3O3/c1-22-9-7-19-17(21)15-10-14-4-8-20(12-16(14)23-15)11-13-2-5-18-6-3-13/h2-3,5-6,14-16H,4,7-12H2,1H3,(H,19,21)/t14-,15+,16+/m0/s1. The van der Waals surface area contributed by atoms with Gasteiger partial charge in [0.25, 0.3) is 0 Å². The van der Waals surface area contributed by atoms with Gasteiger partial charge in [0, 0.05) is 39.1 Å². The average Bonchev–Trinajstić information content (AvgIpc) is 2.99. The Morgan fingerprint density at radius 2 is 2.30 bits per heavy atom. The zero-order valence-electron chi connectivity index (χ0n) is 13.6. The minimum Gasteiger partial charge on any atom is -0.383 e. The molecule has 2 aliphatic rings. The van der Waals surface area contributed by atoms with Crippen LogP contribution in [0.25, 0.3) is 0 Å². The highest BCUT2D eigenvalue weighted by Gasteiger charge is 2.41. The van der Waals surface area contributed by atoms with Crippen molar-refractivity contribution < 1.29 is 14.3 Å². The van der Waals surface area contributed by atoms with Crippen LogP contribution in [-0.2, 0) is 20.8 Å². The molecule has 0 unspecified atom stereocenters. The number of aromatic nitrogens is 1. The zero-order chi connectivity index (χ0) is 16.1. The minimum atomic E-state index is -0.303. The second-order valence-electron chi connectivity index (χ2n) is 6.32. The second-order valence-corrected chi connectivity index (χ2v) is 6.32. The highest BCUT2D eigenvalue weighted by atomic mass is 16.5. The van der Waals surface area contributed by atoms with Crippen molar-refractivity contribution in [2.45, 2.75) is 31.6 Å². The number of methoxy groups -OCH3 is 1. The minimum absolute atomic E-state index is 0.00265. The van der Waals surface area contributed by atoms with Crippen molar-refractivity contribution in [3.8, 4) is 0 Å². The predicted octanol–water partition coefficient (Wildman–Crippen LogP) is 0.824. The molecule has 6 heteroatoms. The van der Waals surface area contributed by atoms with Crippen molar-refractivity contribution in [3.05, 3.63) is 30.1 Å². The molecule has 1 amide bonds. The largest absolute Gasteiger partial charge is 0.383 e. The summed E-state index contributed by atoms with van der Waals surface area (Å²) in [7, 11) is 1.63. The number of carbonyl (C=O) groups is 1. The van der Waals surface area contributed by atoms with Gasteiger partial charge in [-0.3, -0.25) is 14.7 Å². The summed E-state index contributed by atoms with van der Waals surface area (Å²) < 4.78 is 11.0. The Balaban J connectivity index is 1.48. The van der Waals surface area contributed by atoms with E-state index in [1.807, 2.05) is 24.5 Å². The molecule has 0 bridgehead atoms. The lowest BCUT2D eigenvalue weighted by Gasteiger charge is -2.34. The van der Waals surface area contributed by atoms with Crippen LogP contribution in [0.2, 0.25) is 0 Å². The molecule has 3 rings (SSSR count). The third-order valence-corrected chi connectivity index (χ3v) is 4.69. The van der Waals surface area contributed by atoms with E-state index in [4.69, 9.17) is 9.47 Å². The normalized spacial score (nSPS) is 27.6. The summed E-state index contributed by atoms with van der Waals surface area (Å²) in [6.07, 6.45) is 5.46. The maximum Gasteiger partial charge on any atom is 0.249 e. The molecular formula is C17H25N3O3. The molecule has 1 aromatic heterocycles. The van der Waals surface area contributed by atoms with Crippen LogP contribution in [0.1, 0.15) is 18.4 Å².